The number of amides is 1. The first kappa shape index (κ1) is 13.4. The van der Waals surface area contributed by atoms with Crippen LogP contribution in [-0.2, 0) is 16.1 Å². The molecule has 0 saturated carbocycles. The number of ether oxygens (including phenoxy) is 1. The fourth-order valence-corrected chi connectivity index (χ4v) is 3.09. The van der Waals surface area contributed by atoms with Gasteiger partial charge in [0.25, 0.3) is 0 Å². The molecule has 0 bridgehead atoms. The number of nitrogens with one attached hydrogen (secondary N) is 1. The lowest BCUT2D eigenvalue weighted by molar-refractivity contribution is -0.135. The molecule has 1 saturated heterocycles. The largest absolute Gasteiger partial charge is 0.382 e. The van der Waals surface area contributed by atoms with Gasteiger partial charge in [0.1, 0.15) is 16.1 Å². The molecule has 1 atom stereocenters. The van der Waals surface area contributed by atoms with Crippen LogP contribution >= 0.6 is 11.3 Å². The Hall–Kier alpha value is -1.05. The van der Waals surface area contributed by atoms with Gasteiger partial charge in [0.05, 0.1) is 13.2 Å². The minimum Gasteiger partial charge on any atom is -0.382 e. The van der Waals surface area contributed by atoms with Gasteiger partial charge in [-0.25, -0.2) is 0 Å². The van der Waals surface area contributed by atoms with E-state index in [1.165, 1.54) is 11.3 Å². The lowest BCUT2D eigenvalue weighted by Gasteiger charge is -2.35. The van der Waals surface area contributed by atoms with E-state index >= 15 is 0 Å². The molecule has 18 heavy (non-hydrogen) atoms. The quantitative estimate of drug-likeness (QED) is 0.831. The summed E-state index contributed by atoms with van der Waals surface area (Å²) in [7, 11) is 3.30. The highest BCUT2D eigenvalue weighted by Gasteiger charge is 2.47. The number of aromatic nitrogens is 2. The third-order valence-electron chi connectivity index (χ3n) is 3.39. The smallest absolute Gasteiger partial charge is 0.242 e. The number of hydrogen-bond donors (Lipinski definition) is 1. The Bertz CT molecular complexity index is 398. The second kappa shape index (κ2) is 5.73. The van der Waals surface area contributed by atoms with Crippen molar-refractivity contribution >= 4 is 17.2 Å². The van der Waals surface area contributed by atoms with Crippen LogP contribution in [0.15, 0.2) is 5.51 Å². The van der Waals surface area contributed by atoms with Crippen molar-refractivity contribution in [2.75, 3.05) is 27.3 Å². The standard InChI is InChI=1S/C11H18N4O2S/c1-12-10(16)11(7-17-2)4-3-5-15(11)6-9-14-13-8-18-9/h8H,3-7H2,1-2H3,(H,12,16). The number of likely N-dealkylation sites (N-methyl/N-ethyl adjacent to an activating group) is 1. The van der Waals surface area contributed by atoms with Crippen LogP contribution in [0.25, 0.3) is 0 Å². The normalized spacial score (nSPS) is 24.3. The monoisotopic (exact) mass is 270 g/mol. The van der Waals surface area contributed by atoms with Crippen LogP contribution in [-0.4, -0.2) is 53.9 Å². The summed E-state index contributed by atoms with van der Waals surface area (Å²) in [6.45, 7) is 1.95. The van der Waals surface area contributed by atoms with Gasteiger partial charge < -0.3 is 10.1 Å². The third kappa shape index (κ3) is 2.38. The number of nitrogens with zero attached hydrogens (tertiary/aromatic N) is 3. The first-order chi connectivity index (χ1) is 8.73. The summed E-state index contributed by atoms with van der Waals surface area (Å²) in [6, 6.07) is 0. The molecule has 1 aromatic rings. The molecule has 0 radical (unpaired) electrons. The van der Waals surface area contributed by atoms with Crippen LogP contribution < -0.4 is 5.32 Å². The zero-order chi connectivity index (χ0) is 13.0. The molecule has 1 aliphatic rings. The molecule has 7 heteroatoms. The van der Waals surface area contributed by atoms with Crippen LogP contribution in [0, 0.1) is 0 Å². The van der Waals surface area contributed by atoms with E-state index in [2.05, 4.69) is 20.4 Å². The number of carbonyl (C=O) groups is 1. The highest BCUT2D eigenvalue weighted by molar-refractivity contribution is 7.09. The third-order valence-corrected chi connectivity index (χ3v) is 4.07. The van der Waals surface area contributed by atoms with Gasteiger partial charge in [-0.05, 0) is 19.4 Å². The summed E-state index contributed by atoms with van der Waals surface area (Å²) in [5, 5.41) is 11.6. The fourth-order valence-electron chi connectivity index (χ4n) is 2.55. The van der Waals surface area contributed by atoms with Crippen molar-refractivity contribution in [1.29, 1.82) is 0 Å². The average molecular weight is 270 g/mol. The first-order valence-electron chi connectivity index (χ1n) is 5.94. The van der Waals surface area contributed by atoms with E-state index < -0.39 is 5.54 Å². The van der Waals surface area contributed by atoms with Crippen molar-refractivity contribution in [2.24, 2.45) is 0 Å². The molecule has 100 valence electrons. The van der Waals surface area contributed by atoms with Crippen molar-refractivity contribution in [3.8, 4) is 0 Å². The predicted octanol–water partition coefficient (Wildman–Crippen LogP) is 0.265. The Morgan fingerprint density at radius 3 is 3.17 bits per heavy atom. The summed E-state index contributed by atoms with van der Waals surface area (Å²) >= 11 is 1.51. The van der Waals surface area contributed by atoms with Gasteiger partial charge >= 0.3 is 0 Å². The Balaban J connectivity index is 2.18. The van der Waals surface area contributed by atoms with Crippen LogP contribution in [0.3, 0.4) is 0 Å². The molecular formula is C11H18N4O2S. The van der Waals surface area contributed by atoms with Crippen molar-refractivity contribution < 1.29 is 9.53 Å². The summed E-state index contributed by atoms with van der Waals surface area (Å²) < 4.78 is 5.27. The maximum Gasteiger partial charge on any atom is 0.242 e. The summed E-state index contributed by atoms with van der Waals surface area (Å²) in [6.07, 6.45) is 1.81. The van der Waals surface area contributed by atoms with Gasteiger partial charge in [-0.15, -0.1) is 21.5 Å². The molecule has 2 rings (SSSR count). The van der Waals surface area contributed by atoms with E-state index in [0.29, 0.717) is 13.2 Å². The highest BCUT2D eigenvalue weighted by Crippen LogP contribution is 2.31. The minimum atomic E-state index is -0.560. The predicted molar refractivity (Wildman–Crippen MR) is 68.2 cm³/mol. The fraction of sp³-hybridized carbons (Fsp3) is 0.727. The van der Waals surface area contributed by atoms with Gasteiger partial charge in [-0.3, -0.25) is 9.69 Å². The van der Waals surface area contributed by atoms with Crippen molar-refractivity contribution in [2.45, 2.75) is 24.9 Å². The lowest BCUT2D eigenvalue weighted by Crippen LogP contribution is -2.57. The number of rotatable bonds is 5. The van der Waals surface area contributed by atoms with Gasteiger partial charge in [-0.2, -0.15) is 0 Å². The van der Waals surface area contributed by atoms with E-state index in [9.17, 15) is 4.79 Å². The first-order valence-corrected chi connectivity index (χ1v) is 6.82. The summed E-state index contributed by atoms with van der Waals surface area (Å²) in [4.78, 5) is 14.3. The highest BCUT2D eigenvalue weighted by atomic mass is 32.1. The Kier molecular flexibility index (Phi) is 4.26. The second-order valence-corrected chi connectivity index (χ2v) is 5.32. The molecule has 6 nitrogen and oxygen atoms in total. The molecule has 1 N–H and O–H groups in total. The van der Waals surface area contributed by atoms with E-state index in [1.54, 1.807) is 19.7 Å². The van der Waals surface area contributed by atoms with Crippen LogP contribution in [0.1, 0.15) is 17.8 Å². The Morgan fingerprint density at radius 1 is 1.72 bits per heavy atom. The zero-order valence-electron chi connectivity index (χ0n) is 10.7. The number of methoxy groups -OCH3 is 1. The van der Waals surface area contributed by atoms with Gasteiger partial charge in [0.15, 0.2) is 0 Å². The minimum absolute atomic E-state index is 0.0198. The molecule has 1 fully saturated rings. The second-order valence-electron chi connectivity index (χ2n) is 4.40. The number of likely N-dealkylation sites (tertiary alicyclic amines) is 1. The van der Waals surface area contributed by atoms with Crippen molar-refractivity contribution in [3.63, 3.8) is 0 Å². The molecule has 0 aliphatic carbocycles. The van der Waals surface area contributed by atoms with Crippen LogP contribution in [0.2, 0.25) is 0 Å². The maximum absolute atomic E-state index is 12.2. The van der Waals surface area contributed by atoms with E-state index in [-0.39, 0.29) is 5.91 Å². The topological polar surface area (TPSA) is 67.3 Å². The molecule has 1 unspecified atom stereocenters. The molecule has 1 aromatic heterocycles. The van der Waals surface area contributed by atoms with Gasteiger partial charge in [0.2, 0.25) is 5.91 Å². The molecule has 2 heterocycles. The Labute approximate surface area is 110 Å². The van der Waals surface area contributed by atoms with Crippen LogP contribution in [0.4, 0.5) is 0 Å². The van der Waals surface area contributed by atoms with Gasteiger partial charge in [-0.1, -0.05) is 0 Å². The summed E-state index contributed by atoms with van der Waals surface area (Å²) in [5.74, 6) is 0.0198. The molecule has 0 aromatic carbocycles. The molecule has 1 aliphatic heterocycles. The molecule has 1 amide bonds. The molecule has 0 spiro atoms. The van der Waals surface area contributed by atoms with Crippen molar-refractivity contribution in [1.82, 2.24) is 20.4 Å². The van der Waals surface area contributed by atoms with E-state index in [1.807, 2.05) is 0 Å². The number of hydrogen-bond acceptors (Lipinski definition) is 6. The van der Waals surface area contributed by atoms with Crippen LogP contribution in [0.5, 0.6) is 0 Å². The zero-order valence-corrected chi connectivity index (χ0v) is 11.5. The summed E-state index contributed by atoms with van der Waals surface area (Å²) in [5.41, 5.74) is 1.15. The average Bonchev–Trinajstić information content (AvgIpc) is 3.01. The Morgan fingerprint density at radius 2 is 2.56 bits per heavy atom. The molecular weight excluding hydrogens is 252 g/mol. The van der Waals surface area contributed by atoms with Crippen molar-refractivity contribution in [3.05, 3.63) is 10.5 Å². The number of carbonyl (C=O) groups excluding carboxylic acids is 1. The van der Waals surface area contributed by atoms with Gasteiger partial charge in [0, 0.05) is 14.2 Å². The van der Waals surface area contributed by atoms with E-state index in [0.717, 1.165) is 24.4 Å². The SMILES string of the molecule is CNC(=O)C1(COC)CCCN1Cc1nncs1. The van der Waals surface area contributed by atoms with E-state index in [4.69, 9.17) is 4.74 Å². The maximum atomic E-state index is 12.2. The lowest BCUT2D eigenvalue weighted by atomic mass is 9.96.